The highest BCUT2D eigenvalue weighted by molar-refractivity contribution is 9.10. The van der Waals surface area contributed by atoms with Crippen LogP contribution < -0.4 is 10.6 Å². The number of anilines is 1. The molecule has 0 aliphatic rings. The van der Waals surface area contributed by atoms with Crippen LogP contribution in [0.15, 0.2) is 10.7 Å². The molecule has 0 aromatic carbocycles. The normalized spacial score (nSPS) is 10.6. The molecule has 11 heteroatoms. The Balaban J connectivity index is 2.06. The van der Waals surface area contributed by atoms with Crippen molar-refractivity contribution in [2.75, 3.05) is 32.1 Å². The summed E-state index contributed by atoms with van der Waals surface area (Å²) in [6.45, 7) is 10.1. The molecule has 2 N–H and O–H groups in total. The van der Waals surface area contributed by atoms with E-state index in [0.29, 0.717) is 45.8 Å². The van der Waals surface area contributed by atoms with E-state index in [0.717, 1.165) is 23.1 Å². The van der Waals surface area contributed by atoms with Gasteiger partial charge < -0.3 is 20.3 Å². The molecule has 2 rings (SSSR count). The van der Waals surface area contributed by atoms with E-state index in [4.69, 9.17) is 17.0 Å². The second kappa shape index (κ2) is 11.6. The molecule has 31 heavy (non-hydrogen) atoms. The molecule has 170 valence electrons. The van der Waals surface area contributed by atoms with Gasteiger partial charge in [-0.05, 0) is 67.8 Å². The van der Waals surface area contributed by atoms with Crippen LogP contribution >= 0.6 is 39.5 Å². The fourth-order valence-corrected chi connectivity index (χ4v) is 4.76. The quantitative estimate of drug-likeness (QED) is 0.288. The maximum absolute atomic E-state index is 12.9. The van der Waals surface area contributed by atoms with Gasteiger partial charge >= 0.3 is 5.97 Å². The number of thiocarbonyl (C=S) groups is 1. The van der Waals surface area contributed by atoms with Crippen molar-refractivity contribution < 1.29 is 14.3 Å². The van der Waals surface area contributed by atoms with Crippen molar-refractivity contribution in [1.29, 1.82) is 0 Å². The number of hydrogen-bond acceptors (Lipinski definition) is 6. The second-order valence-electron chi connectivity index (χ2n) is 6.79. The van der Waals surface area contributed by atoms with Gasteiger partial charge in [-0.3, -0.25) is 9.48 Å². The molecule has 8 nitrogen and oxygen atoms in total. The number of carbonyl (C=O) groups is 2. The summed E-state index contributed by atoms with van der Waals surface area (Å²) < 4.78 is 7.79. The number of nitrogens with one attached hydrogen (secondary N) is 2. The van der Waals surface area contributed by atoms with Crippen molar-refractivity contribution in [3.8, 4) is 0 Å². The van der Waals surface area contributed by atoms with Crippen molar-refractivity contribution >= 4 is 61.5 Å². The molecule has 0 unspecified atom stereocenters. The number of ether oxygens (including phenoxy) is 1. The van der Waals surface area contributed by atoms with Crippen molar-refractivity contribution in [2.24, 2.45) is 0 Å². The predicted octanol–water partition coefficient (Wildman–Crippen LogP) is 3.97. The van der Waals surface area contributed by atoms with E-state index in [-0.39, 0.29) is 5.91 Å². The van der Waals surface area contributed by atoms with Gasteiger partial charge in [0.15, 0.2) is 5.11 Å². The molecule has 0 atom stereocenters. The summed E-state index contributed by atoms with van der Waals surface area (Å²) in [6, 6.07) is 0. The first-order valence-electron chi connectivity index (χ1n) is 9.98. The number of carbonyl (C=O) groups excluding carboxylic acids is 2. The van der Waals surface area contributed by atoms with Gasteiger partial charge in [0.05, 0.1) is 27.7 Å². The van der Waals surface area contributed by atoms with Gasteiger partial charge in [0.1, 0.15) is 5.00 Å². The lowest BCUT2D eigenvalue weighted by atomic mass is 10.1. The molecule has 0 radical (unpaired) electrons. The van der Waals surface area contributed by atoms with E-state index in [9.17, 15) is 9.59 Å². The molecule has 0 fully saturated rings. The van der Waals surface area contributed by atoms with Gasteiger partial charge in [-0.2, -0.15) is 5.10 Å². The lowest BCUT2D eigenvalue weighted by Crippen LogP contribution is -2.30. The third kappa shape index (κ3) is 6.27. The molecule has 0 spiro atoms. The number of aromatic nitrogens is 2. The van der Waals surface area contributed by atoms with Crippen molar-refractivity contribution in [3.63, 3.8) is 0 Å². The summed E-state index contributed by atoms with van der Waals surface area (Å²) in [4.78, 5) is 27.5. The highest BCUT2D eigenvalue weighted by Crippen LogP contribution is 2.34. The minimum Gasteiger partial charge on any atom is -0.465 e. The lowest BCUT2D eigenvalue weighted by molar-refractivity contribution is 0.0601. The Morgan fingerprint density at radius 2 is 2.00 bits per heavy atom. The molecule has 0 bridgehead atoms. The standard InChI is InChI=1S/C20H28BrN5O3S2/c1-6-25(7-2)18(27)16-12(3)15(19(28)29-5)17(31-16)23-20(30)22-9-8-10-26-11-14(21)13(4)24-26/h11H,6-10H2,1-5H3,(H2,22,23,30). The Hall–Kier alpha value is -1.98. The van der Waals surface area contributed by atoms with Crippen LogP contribution in [0.3, 0.4) is 0 Å². The van der Waals surface area contributed by atoms with Crippen LogP contribution in [0.5, 0.6) is 0 Å². The average Bonchev–Trinajstić information content (AvgIpc) is 3.23. The number of methoxy groups -OCH3 is 1. The van der Waals surface area contributed by atoms with Gasteiger partial charge in [-0.25, -0.2) is 4.79 Å². The fourth-order valence-electron chi connectivity index (χ4n) is 3.01. The van der Waals surface area contributed by atoms with Crippen LogP contribution in [0.2, 0.25) is 0 Å². The molecule has 2 heterocycles. The van der Waals surface area contributed by atoms with Gasteiger partial charge in [0.25, 0.3) is 5.91 Å². The highest BCUT2D eigenvalue weighted by atomic mass is 79.9. The maximum Gasteiger partial charge on any atom is 0.341 e. The number of amides is 1. The van der Waals surface area contributed by atoms with Crippen LogP contribution in [-0.2, 0) is 11.3 Å². The summed E-state index contributed by atoms with van der Waals surface area (Å²) >= 11 is 10.1. The van der Waals surface area contributed by atoms with E-state index in [1.807, 2.05) is 31.6 Å². The summed E-state index contributed by atoms with van der Waals surface area (Å²) in [5.41, 5.74) is 1.88. The molecule has 2 aromatic heterocycles. The fraction of sp³-hybridized carbons (Fsp3) is 0.500. The zero-order valence-electron chi connectivity index (χ0n) is 18.4. The van der Waals surface area contributed by atoms with Crippen molar-refractivity contribution in [3.05, 3.63) is 32.4 Å². The van der Waals surface area contributed by atoms with Crippen molar-refractivity contribution in [1.82, 2.24) is 20.0 Å². The van der Waals surface area contributed by atoms with Crippen LogP contribution in [-0.4, -0.2) is 58.4 Å². The first-order valence-corrected chi connectivity index (χ1v) is 12.0. The SMILES string of the molecule is CCN(CC)C(=O)c1sc(NC(=S)NCCCn2cc(Br)c(C)n2)c(C(=O)OC)c1C. The average molecular weight is 531 g/mol. The predicted molar refractivity (Wildman–Crippen MR) is 131 cm³/mol. The zero-order chi connectivity index (χ0) is 23.1. The van der Waals surface area contributed by atoms with Crippen LogP contribution in [0.4, 0.5) is 5.00 Å². The van der Waals surface area contributed by atoms with E-state index >= 15 is 0 Å². The van der Waals surface area contributed by atoms with Gasteiger partial charge in [-0.15, -0.1) is 11.3 Å². The third-order valence-corrected chi connectivity index (χ3v) is 6.96. The number of halogens is 1. The van der Waals surface area contributed by atoms with E-state index in [2.05, 4.69) is 31.7 Å². The molecule has 1 amide bonds. The summed E-state index contributed by atoms with van der Waals surface area (Å²) in [5, 5.41) is 11.5. The molecule has 2 aromatic rings. The Labute approximate surface area is 200 Å². The summed E-state index contributed by atoms with van der Waals surface area (Å²) in [5.74, 6) is -0.609. The molecule has 0 aliphatic heterocycles. The monoisotopic (exact) mass is 529 g/mol. The Bertz CT molecular complexity index is 934. The van der Waals surface area contributed by atoms with Crippen molar-refractivity contribution in [2.45, 2.75) is 40.7 Å². The number of esters is 1. The number of hydrogen-bond donors (Lipinski definition) is 2. The third-order valence-electron chi connectivity index (χ3n) is 4.74. The van der Waals surface area contributed by atoms with E-state index < -0.39 is 5.97 Å². The smallest absolute Gasteiger partial charge is 0.341 e. The minimum atomic E-state index is -0.503. The maximum atomic E-state index is 12.9. The van der Waals surface area contributed by atoms with Gasteiger partial charge in [0.2, 0.25) is 0 Å². The van der Waals surface area contributed by atoms with Crippen LogP contribution in [0.25, 0.3) is 0 Å². The number of aryl methyl sites for hydroxylation is 2. The van der Waals surface area contributed by atoms with E-state index in [1.54, 1.807) is 11.8 Å². The van der Waals surface area contributed by atoms with Crippen LogP contribution in [0.1, 0.15) is 51.6 Å². The Morgan fingerprint density at radius 1 is 1.32 bits per heavy atom. The number of nitrogens with zero attached hydrogens (tertiary/aromatic N) is 3. The number of rotatable bonds is 9. The first kappa shape index (κ1) is 25.3. The molecule has 0 saturated carbocycles. The van der Waals surface area contributed by atoms with Crippen LogP contribution in [0, 0.1) is 13.8 Å². The summed E-state index contributed by atoms with van der Waals surface area (Å²) in [6.07, 6.45) is 2.76. The number of thiophene rings is 1. The first-order chi connectivity index (χ1) is 14.7. The molecule has 0 saturated heterocycles. The Kier molecular flexibility index (Phi) is 9.45. The zero-order valence-corrected chi connectivity index (χ0v) is 21.6. The lowest BCUT2D eigenvalue weighted by Gasteiger charge is -2.17. The Morgan fingerprint density at radius 3 is 2.55 bits per heavy atom. The topological polar surface area (TPSA) is 88.5 Å². The molecular weight excluding hydrogens is 502 g/mol. The summed E-state index contributed by atoms with van der Waals surface area (Å²) in [7, 11) is 1.32. The second-order valence-corrected chi connectivity index (χ2v) is 9.07. The largest absolute Gasteiger partial charge is 0.465 e. The highest BCUT2D eigenvalue weighted by Gasteiger charge is 2.27. The molecule has 0 aliphatic carbocycles. The van der Waals surface area contributed by atoms with Gasteiger partial charge in [0, 0.05) is 32.4 Å². The van der Waals surface area contributed by atoms with Gasteiger partial charge in [-0.1, -0.05) is 0 Å². The minimum absolute atomic E-state index is 0.106. The molecular formula is C20H28BrN5O3S2. The van der Waals surface area contributed by atoms with E-state index in [1.165, 1.54) is 18.4 Å².